The van der Waals surface area contributed by atoms with Gasteiger partial charge in [-0.05, 0) is 61.4 Å². The summed E-state index contributed by atoms with van der Waals surface area (Å²) in [7, 11) is 0. The Morgan fingerprint density at radius 1 is 1.08 bits per heavy atom. The molecular formula is C29H28N4O4. The summed E-state index contributed by atoms with van der Waals surface area (Å²) in [5.41, 5.74) is 3.56. The molecule has 188 valence electrons. The van der Waals surface area contributed by atoms with Crippen molar-refractivity contribution in [2.24, 2.45) is 5.10 Å². The first-order valence-corrected chi connectivity index (χ1v) is 12.7. The van der Waals surface area contributed by atoms with Gasteiger partial charge in [0.15, 0.2) is 0 Å². The topological polar surface area (TPSA) is 95.2 Å². The van der Waals surface area contributed by atoms with Gasteiger partial charge in [-0.1, -0.05) is 54.1 Å². The van der Waals surface area contributed by atoms with Gasteiger partial charge in [0.2, 0.25) is 0 Å². The number of carbonyl (C=O) groups excluding carboxylic acids is 3. The average Bonchev–Trinajstić information content (AvgIpc) is 3.60. The van der Waals surface area contributed by atoms with Crippen molar-refractivity contribution in [3.63, 3.8) is 0 Å². The van der Waals surface area contributed by atoms with Gasteiger partial charge in [-0.25, -0.2) is 9.80 Å². The molecule has 8 heteroatoms. The Balaban J connectivity index is 1.29. The summed E-state index contributed by atoms with van der Waals surface area (Å²) in [6, 6.07) is 18.3. The molecule has 1 aromatic heterocycles. The van der Waals surface area contributed by atoms with Crippen molar-refractivity contribution >= 4 is 23.6 Å². The number of rotatable bonds is 4. The Bertz CT molecular complexity index is 1400. The lowest BCUT2D eigenvalue weighted by Crippen LogP contribution is -2.45. The van der Waals surface area contributed by atoms with E-state index in [4.69, 9.17) is 4.42 Å². The molecule has 0 bridgehead atoms. The molecule has 1 aliphatic carbocycles. The number of nitrogens with one attached hydrogen (secondary N) is 1. The maximum atomic E-state index is 13.8. The van der Waals surface area contributed by atoms with Gasteiger partial charge in [0.05, 0.1) is 12.0 Å². The lowest BCUT2D eigenvalue weighted by Gasteiger charge is -2.27. The summed E-state index contributed by atoms with van der Waals surface area (Å²) in [6.07, 6.45) is 5.14. The van der Waals surface area contributed by atoms with Crippen LogP contribution in [-0.4, -0.2) is 40.0 Å². The second-order valence-corrected chi connectivity index (χ2v) is 9.98. The number of hydrogen-bond acceptors (Lipinski definition) is 5. The molecule has 3 aliphatic rings. The first kappa shape index (κ1) is 23.2. The molecule has 1 N–H and O–H groups in total. The van der Waals surface area contributed by atoms with E-state index in [0.717, 1.165) is 52.1 Å². The lowest BCUT2D eigenvalue weighted by atomic mass is 9.84. The zero-order valence-corrected chi connectivity index (χ0v) is 20.6. The molecule has 1 spiro atoms. The predicted octanol–water partition coefficient (Wildman–Crippen LogP) is 4.44. The minimum Gasteiger partial charge on any atom is -0.467 e. The number of nitrogens with zero attached hydrogens (tertiary/aromatic N) is 3. The molecule has 37 heavy (non-hydrogen) atoms. The number of benzene rings is 2. The fourth-order valence-corrected chi connectivity index (χ4v) is 5.69. The fraction of sp³-hybridized carbons (Fsp3) is 0.310. The standard InChI is InChI=1S/C29H28N4O4/c1-19-11-13-21(14-12-19)23-17-24(25-10-6-16-37-25)33(31-23)26(34)18-32-27(35)29(30-28(32)36)15-5-4-8-20-7-2-3-9-22(20)29/h2-3,6-7,9-14,16,24H,4-5,8,15,17-18H2,1H3,(H,30,36)/t24-,29+/m1/s1. The number of aryl methyl sites for hydroxylation is 2. The highest BCUT2D eigenvalue weighted by Crippen LogP contribution is 2.39. The van der Waals surface area contributed by atoms with Crippen LogP contribution in [0.15, 0.2) is 76.4 Å². The van der Waals surface area contributed by atoms with Crippen molar-refractivity contribution in [2.75, 3.05) is 6.54 Å². The maximum Gasteiger partial charge on any atom is 0.325 e. The van der Waals surface area contributed by atoms with E-state index in [1.807, 2.05) is 61.5 Å². The Morgan fingerprint density at radius 2 is 1.89 bits per heavy atom. The first-order valence-electron chi connectivity index (χ1n) is 12.7. The van der Waals surface area contributed by atoms with Crippen molar-refractivity contribution in [3.05, 3.63) is 94.9 Å². The molecule has 0 unspecified atom stereocenters. The van der Waals surface area contributed by atoms with Gasteiger partial charge < -0.3 is 9.73 Å². The van der Waals surface area contributed by atoms with Crippen LogP contribution in [0.4, 0.5) is 4.79 Å². The summed E-state index contributed by atoms with van der Waals surface area (Å²) < 4.78 is 5.63. The van der Waals surface area contributed by atoms with Gasteiger partial charge in [-0.15, -0.1) is 0 Å². The summed E-state index contributed by atoms with van der Waals surface area (Å²) in [6.45, 7) is 1.62. The molecule has 1 saturated heterocycles. The number of amides is 4. The molecule has 6 rings (SSSR count). The predicted molar refractivity (Wildman–Crippen MR) is 137 cm³/mol. The number of urea groups is 1. The smallest absolute Gasteiger partial charge is 0.325 e. The zero-order valence-electron chi connectivity index (χ0n) is 20.6. The first-order chi connectivity index (χ1) is 18.0. The van der Waals surface area contributed by atoms with Gasteiger partial charge in [0, 0.05) is 6.42 Å². The van der Waals surface area contributed by atoms with Crippen LogP contribution < -0.4 is 5.32 Å². The summed E-state index contributed by atoms with van der Waals surface area (Å²) in [4.78, 5) is 41.6. The van der Waals surface area contributed by atoms with Crippen LogP contribution in [0.3, 0.4) is 0 Å². The molecule has 2 atom stereocenters. The van der Waals surface area contributed by atoms with E-state index < -0.39 is 30.1 Å². The molecule has 8 nitrogen and oxygen atoms in total. The summed E-state index contributed by atoms with van der Waals surface area (Å²) >= 11 is 0. The third-order valence-corrected chi connectivity index (χ3v) is 7.62. The van der Waals surface area contributed by atoms with Crippen LogP contribution in [0.1, 0.15) is 59.7 Å². The van der Waals surface area contributed by atoms with Gasteiger partial charge >= 0.3 is 6.03 Å². The van der Waals surface area contributed by atoms with E-state index in [2.05, 4.69) is 10.4 Å². The zero-order chi connectivity index (χ0) is 25.6. The number of imide groups is 1. The van der Waals surface area contributed by atoms with Crippen molar-refractivity contribution in [1.29, 1.82) is 0 Å². The van der Waals surface area contributed by atoms with E-state index >= 15 is 0 Å². The van der Waals surface area contributed by atoms with Crippen molar-refractivity contribution in [2.45, 2.75) is 50.6 Å². The number of fused-ring (bicyclic) bond motifs is 2. The third-order valence-electron chi connectivity index (χ3n) is 7.62. The highest BCUT2D eigenvalue weighted by atomic mass is 16.3. The molecular weight excluding hydrogens is 468 g/mol. The molecule has 1 fully saturated rings. The summed E-state index contributed by atoms with van der Waals surface area (Å²) in [5.74, 6) is -0.215. The lowest BCUT2D eigenvalue weighted by molar-refractivity contribution is -0.140. The molecule has 2 aromatic carbocycles. The molecule has 4 amide bonds. The minimum absolute atomic E-state index is 0.378. The highest BCUT2D eigenvalue weighted by Gasteiger charge is 2.54. The van der Waals surface area contributed by atoms with Crippen molar-refractivity contribution in [1.82, 2.24) is 15.2 Å². The molecule has 0 saturated carbocycles. The van der Waals surface area contributed by atoms with Crippen LogP contribution in [0.25, 0.3) is 0 Å². The number of furan rings is 1. The monoisotopic (exact) mass is 496 g/mol. The van der Waals surface area contributed by atoms with Crippen LogP contribution in [0.5, 0.6) is 0 Å². The minimum atomic E-state index is -1.13. The average molecular weight is 497 g/mol. The van der Waals surface area contributed by atoms with Crippen molar-refractivity contribution in [3.8, 4) is 0 Å². The molecule has 3 aromatic rings. The van der Waals surface area contributed by atoms with Gasteiger partial charge in [-0.2, -0.15) is 5.10 Å². The summed E-state index contributed by atoms with van der Waals surface area (Å²) in [5, 5.41) is 8.96. The van der Waals surface area contributed by atoms with E-state index in [-0.39, 0.29) is 5.91 Å². The molecule has 3 heterocycles. The van der Waals surface area contributed by atoms with Gasteiger partial charge in [0.1, 0.15) is 23.9 Å². The second kappa shape index (κ2) is 9.03. The maximum absolute atomic E-state index is 13.8. The van der Waals surface area contributed by atoms with E-state index in [0.29, 0.717) is 18.6 Å². The van der Waals surface area contributed by atoms with Crippen LogP contribution in [-0.2, 0) is 21.5 Å². The second-order valence-electron chi connectivity index (χ2n) is 9.98. The quantitative estimate of drug-likeness (QED) is 0.540. The Hall–Kier alpha value is -4.20. The fourth-order valence-electron chi connectivity index (χ4n) is 5.69. The van der Waals surface area contributed by atoms with Crippen LogP contribution in [0, 0.1) is 6.92 Å². The third kappa shape index (κ3) is 3.93. The Kier molecular flexibility index (Phi) is 5.67. The van der Waals surface area contributed by atoms with Crippen LogP contribution in [0.2, 0.25) is 0 Å². The molecule has 0 radical (unpaired) electrons. The van der Waals surface area contributed by atoms with Crippen LogP contribution >= 0.6 is 0 Å². The van der Waals surface area contributed by atoms with E-state index in [1.165, 1.54) is 5.01 Å². The number of hydrogen-bond donors (Lipinski definition) is 1. The van der Waals surface area contributed by atoms with Gasteiger partial charge in [0.25, 0.3) is 11.8 Å². The largest absolute Gasteiger partial charge is 0.467 e. The SMILES string of the molecule is Cc1ccc(C2=NN(C(=O)CN3C(=O)N[C@]4(CCCCc5ccccc54)C3=O)[C@@H](c3ccco3)C2)cc1. The number of hydrazone groups is 1. The van der Waals surface area contributed by atoms with E-state index in [1.54, 1.807) is 12.3 Å². The van der Waals surface area contributed by atoms with Gasteiger partial charge in [-0.3, -0.25) is 14.5 Å². The number of carbonyl (C=O) groups is 3. The van der Waals surface area contributed by atoms with Crippen molar-refractivity contribution < 1.29 is 18.8 Å². The van der Waals surface area contributed by atoms with E-state index in [9.17, 15) is 14.4 Å². The Labute approximate surface area is 214 Å². The normalized spacial score (nSPS) is 23.2. The molecule has 2 aliphatic heterocycles. The highest BCUT2D eigenvalue weighted by molar-refractivity contribution is 6.10. The Morgan fingerprint density at radius 3 is 2.68 bits per heavy atom.